The van der Waals surface area contributed by atoms with Gasteiger partial charge in [-0.15, -0.1) is 0 Å². The van der Waals surface area contributed by atoms with Crippen molar-refractivity contribution in [3.8, 4) is 0 Å². The topological polar surface area (TPSA) is 50.0 Å². The number of hydrogen-bond donors (Lipinski definition) is 0. The van der Waals surface area contributed by atoms with Gasteiger partial charge in [-0.1, -0.05) is 0 Å². The zero-order chi connectivity index (χ0) is 10.4. The minimum absolute atomic E-state index is 0. The van der Waals surface area contributed by atoms with Crippen LogP contribution >= 0.6 is 0 Å². The van der Waals surface area contributed by atoms with E-state index >= 15 is 0 Å². The Morgan fingerprint density at radius 3 is 0.692 bits per heavy atom. The molecule has 0 aliphatic heterocycles. The Morgan fingerprint density at radius 2 is 0.692 bits per heavy atom. The van der Waals surface area contributed by atoms with E-state index in [-0.39, 0.29) is 16.7 Å². The molecule has 0 amide bonds. The van der Waals surface area contributed by atoms with Crippen LogP contribution in [0.5, 0.6) is 0 Å². The highest BCUT2D eigenvalue weighted by molar-refractivity contribution is 4.55. The Labute approximate surface area is 82.7 Å². The van der Waals surface area contributed by atoms with Crippen molar-refractivity contribution in [1.29, 1.82) is 0 Å². The maximum atomic E-state index is 4.94. The average Bonchev–Trinajstić information content (AvgIpc) is 1.86. The van der Waals surface area contributed by atoms with Gasteiger partial charge in [0.15, 0.2) is 0 Å². The third-order valence-corrected chi connectivity index (χ3v) is 1.22. The molecule has 0 spiro atoms. The molecule has 3 heteroatoms. The molecule has 13 heavy (non-hydrogen) atoms. The van der Waals surface area contributed by atoms with Crippen LogP contribution in [-0.4, -0.2) is 30.9 Å². The normalized spacial score (nSPS) is 11.1. The largest absolute Gasteiger partial charge is 0.412 e. The summed E-state index contributed by atoms with van der Waals surface area (Å²) in [5, 5.41) is 0. The lowest BCUT2D eigenvalue weighted by Crippen LogP contribution is -2.15. The van der Waals surface area contributed by atoms with Gasteiger partial charge in [0.05, 0.1) is 11.2 Å². The van der Waals surface area contributed by atoms with E-state index in [0.29, 0.717) is 0 Å². The summed E-state index contributed by atoms with van der Waals surface area (Å²) in [4.78, 5) is 0. The van der Waals surface area contributed by atoms with Gasteiger partial charge in [-0.05, 0) is 41.5 Å². The van der Waals surface area contributed by atoms with E-state index in [1.54, 1.807) is 14.2 Å². The van der Waals surface area contributed by atoms with E-state index in [9.17, 15) is 0 Å². The molecule has 0 bridgehead atoms. The van der Waals surface area contributed by atoms with Gasteiger partial charge >= 0.3 is 0 Å². The van der Waals surface area contributed by atoms with Crippen molar-refractivity contribution in [2.75, 3.05) is 14.2 Å². The number of hydrogen-bond acceptors (Lipinski definition) is 2. The first kappa shape index (κ1) is 18.6. The van der Waals surface area contributed by atoms with Crippen LogP contribution in [0.3, 0.4) is 0 Å². The van der Waals surface area contributed by atoms with Gasteiger partial charge in [-0.3, -0.25) is 0 Å². The molecule has 0 rings (SSSR count). The van der Waals surface area contributed by atoms with Crippen molar-refractivity contribution < 1.29 is 14.9 Å². The van der Waals surface area contributed by atoms with Gasteiger partial charge in [0.1, 0.15) is 0 Å². The number of ether oxygens (including phenoxy) is 2. The lowest BCUT2D eigenvalue weighted by atomic mass is 10.2. The molecule has 0 radical (unpaired) electrons. The highest BCUT2D eigenvalue weighted by atomic mass is 16.5. The van der Waals surface area contributed by atoms with Crippen LogP contribution in [0.4, 0.5) is 0 Å². The first-order valence-electron chi connectivity index (χ1n) is 4.22. The lowest BCUT2D eigenvalue weighted by molar-refractivity contribution is 0.0394. The van der Waals surface area contributed by atoms with Crippen molar-refractivity contribution >= 4 is 0 Å². The molecule has 0 saturated heterocycles. The maximum absolute atomic E-state index is 4.94. The summed E-state index contributed by atoms with van der Waals surface area (Å²) in [6.07, 6.45) is 0. The molecular weight excluding hydrogens is 168 g/mol. The van der Waals surface area contributed by atoms with Gasteiger partial charge in [0, 0.05) is 14.2 Å². The highest BCUT2D eigenvalue weighted by Gasteiger charge is 2.04. The predicted octanol–water partition coefficient (Wildman–Crippen LogP) is 2.04. The van der Waals surface area contributed by atoms with Crippen LogP contribution in [0, 0.1) is 0 Å². The summed E-state index contributed by atoms with van der Waals surface area (Å²) in [5.74, 6) is 0. The average molecular weight is 194 g/mol. The molecule has 0 aromatic carbocycles. The van der Waals surface area contributed by atoms with Gasteiger partial charge in [0.2, 0.25) is 0 Å². The van der Waals surface area contributed by atoms with Gasteiger partial charge in [-0.25, -0.2) is 0 Å². The number of rotatable bonds is 0. The van der Waals surface area contributed by atoms with E-state index in [0.717, 1.165) is 0 Å². The molecule has 0 fully saturated rings. The second-order valence-corrected chi connectivity index (χ2v) is 4.63. The van der Waals surface area contributed by atoms with Gasteiger partial charge in [-0.2, -0.15) is 0 Å². The molecule has 0 atom stereocenters. The first-order chi connectivity index (χ1) is 5.12. The first-order valence-corrected chi connectivity index (χ1v) is 4.22. The monoisotopic (exact) mass is 194 g/mol. The van der Waals surface area contributed by atoms with E-state index in [2.05, 4.69) is 0 Å². The lowest BCUT2D eigenvalue weighted by Gasteiger charge is -2.14. The zero-order valence-electron chi connectivity index (χ0n) is 10.3. The SMILES string of the molecule is COC(C)(C)C.COC(C)(C)C.O. The molecule has 0 aliphatic rings. The van der Waals surface area contributed by atoms with Crippen molar-refractivity contribution in [3.05, 3.63) is 0 Å². The fraction of sp³-hybridized carbons (Fsp3) is 1.00. The molecule has 0 saturated carbocycles. The summed E-state index contributed by atoms with van der Waals surface area (Å²) in [7, 11) is 3.42. The third kappa shape index (κ3) is 33.5. The quantitative estimate of drug-likeness (QED) is 0.592. The Hall–Kier alpha value is -0.120. The molecule has 84 valence electrons. The highest BCUT2D eigenvalue weighted by Crippen LogP contribution is 2.02. The molecule has 0 heterocycles. The Balaban J connectivity index is -0.000000143. The van der Waals surface area contributed by atoms with Crippen molar-refractivity contribution in [1.82, 2.24) is 0 Å². The summed E-state index contributed by atoms with van der Waals surface area (Å²) < 4.78 is 9.88. The molecule has 2 N–H and O–H groups in total. The van der Waals surface area contributed by atoms with Crippen LogP contribution in [0.1, 0.15) is 41.5 Å². The molecule has 0 aliphatic carbocycles. The Morgan fingerprint density at radius 1 is 0.615 bits per heavy atom. The summed E-state index contributed by atoms with van der Waals surface area (Å²) >= 11 is 0. The minimum atomic E-state index is 0. The maximum Gasteiger partial charge on any atom is 0.0594 e. The summed E-state index contributed by atoms with van der Waals surface area (Å²) in [6, 6.07) is 0. The van der Waals surface area contributed by atoms with Crippen LogP contribution in [0.15, 0.2) is 0 Å². The fourth-order valence-electron chi connectivity index (χ4n) is 0. The molecular formula is C10H26O3. The second kappa shape index (κ2) is 7.30. The van der Waals surface area contributed by atoms with Crippen molar-refractivity contribution in [2.24, 2.45) is 0 Å². The minimum Gasteiger partial charge on any atom is -0.412 e. The zero-order valence-corrected chi connectivity index (χ0v) is 10.3. The molecule has 0 aromatic rings. The van der Waals surface area contributed by atoms with E-state index in [4.69, 9.17) is 9.47 Å². The smallest absolute Gasteiger partial charge is 0.0594 e. The molecule has 3 nitrogen and oxygen atoms in total. The summed E-state index contributed by atoms with van der Waals surface area (Å²) in [6.45, 7) is 12.1. The van der Waals surface area contributed by atoms with Crippen LogP contribution in [-0.2, 0) is 9.47 Å². The van der Waals surface area contributed by atoms with Crippen molar-refractivity contribution in [2.45, 2.75) is 52.7 Å². The third-order valence-electron chi connectivity index (χ3n) is 1.22. The Kier molecular flexibility index (Phi) is 10.5. The molecule has 0 unspecified atom stereocenters. The van der Waals surface area contributed by atoms with Crippen LogP contribution in [0.2, 0.25) is 0 Å². The van der Waals surface area contributed by atoms with Gasteiger partial charge in [0.25, 0.3) is 0 Å². The van der Waals surface area contributed by atoms with Gasteiger partial charge < -0.3 is 14.9 Å². The van der Waals surface area contributed by atoms with E-state index in [1.807, 2.05) is 41.5 Å². The van der Waals surface area contributed by atoms with E-state index < -0.39 is 0 Å². The summed E-state index contributed by atoms with van der Waals surface area (Å²) in [5.41, 5.74) is 0.0833. The predicted molar refractivity (Wildman–Crippen MR) is 57.1 cm³/mol. The fourth-order valence-corrected chi connectivity index (χ4v) is 0. The standard InChI is InChI=1S/2C5H12O.H2O/c2*1-5(2,3)6-4;/h2*1-4H3;1H2. The van der Waals surface area contributed by atoms with Crippen LogP contribution < -0.4 is 0 Å². The van der Waals surface area contributed by atoms with E-state index in [1.165, 1.54) is 0 Å². The number of methoxy groups -OCH3 is 2. The van der Waals surface area contributed by atoms with Crippen molar-refractivity contribution in [3.63, 3.8) is 0 Å². The second-order valence-electron chi connectivity index (χ2n) is 4.63. The molecule has 0 aromatic heterocycles. The Bertz CT molecular complexity index is 83.7. The van der Waals surface area contributed by atoms with Crippen LogP contribution in [0.25, 0.3) is 0 Å².